The summed E-state index contributed by atoms with van der Waals surface area (Å²) < 4.78 is -0.0212. The third-order valence-corrected chi connectivity index (χ3v) is 4.01. The second-order valence-corrected chi connectivity index (χ2v) is 6.12. The molecular formula is C9H19NOS. The number of thioether (sulfide) groups is 1. The Kier molecular flexibility index (Phi) is 3.44. The smallest absolute Gasteiger partial charge is 0.0572 e. The Hall–Kier alpha value is 0.270. The van der Waals surface area contributed by atoms with Gasteiger partial charge in [0.15, 0.2) is 0 Å². The van der Waals surface area contributed by atoms with Crippen LogP contribution in [0.3, 0.4) is 0 Å². The van der Waals surface area contributed by atoms with Crippen molar-refractivity contribution in [1.82, 2.24) is 0 Å². The van der Waals surface area contributed by atoms with E-state index in [-0.39, 0.29) is 11.4 Å². The van der Waals surface area contributed by atoms with Gasteiger partial charge in [-0.2, -0.15) is 0 Å². The van der Waals surface area contributed by atoms with Crippen molar-refractivity contribution in [3.63, 3.8) is 0 Å². The van der Waals surface area contributed by atoms with E-state index >= 15 is 0 Å². The average molecular weight is 189 g/mol. The molecule has 0 aromatic carbocycles. The fourth-order valence-corrected chi connectivity index (χ4v) is 3.04. The summed E-state index contributed by atoms with van der Waals surface area (Å²) in [5.41, 5.74) is 5.94. The highest BCUT2D eigenvalue weighted by Gasteiger charge is 2.30. The zero-order valence-corrected chi connectivity index (χ0v) is 8.73. The van der Waals surface area contributed by atoms with Crippen LogP contribution < -0.4 is 5.73 Å². The maximum Gasteiger partial charge on any atom is 0.0572 e. The van der Waals surface area contributed by atoms with E-state index in [1.165, 1.54) is 12.8 Å². The summed E-state index contributed by atoms with van der Waals surface area (Å²) in [5.74, 6) is 0. The van der Waals surface area contributed by atoms with Gasteiger partial charge in [-0.25, -0.2) is 0 Å². The van der Waals surface area contributed by atoms with Crippen molar-refractivity contribution in [2.45, 2.75) is 49.1 Å². The van der Waals surface area contributed by atoms with Gasteiger partial charge in [0.25, 0.3) is 0 Å². The number of nitrogens with two attached hydrogens (primary N) is 1. The maximum atomic E-state index is 9.08. The van der Waals surface area contributed by atoms with Crippen LogP contribution in [-0.4, -0.2) is 27.8 Å². The first kappa shape index (κ1) is 10.4. The van der Waals surface area contributed by atoms with Crippen molar-refractivity contribution in [1.29, 1.82) is 0 Å². The molecule has 0 heterocycles. The number of rotatable bonds is 3. The molecule has 72 valence electrons. The lowest BCUT2D eigenvalue weighted by atomic mass is 10.2. The summed E-state index contributed by atoms with van der Waals surface area (Å²) in [6, 6.07) is 0.348. The molecule has 1 aliphatic carbocycles. The fraction of sp³-hybridized carbons (Fsp3) is 1.00. The fourth-order valence-electron chi connectivity index (χ4n) is 1.55. The van der Waals surface area contributed by atoms with Crippen LogP contribution in [0.4, 0.5) is 0 Å². The quantitative estimate of drug-likeness (QED) is 0.705. The molecule has 12 heavy (non-hydrogen) atoms. The van der Waals surface area contributed by atoms with E-state index in [0.29, 0.717) is 11.3 Å². The lowest BCUT2D eigenvalue weighted by molar-refractivity contribution is 0.264. The molecule has 0 aliphatic heterocycles. The molecular weight excluding hydrogens is 170 g/mol. The van der Waals surface area contributed by atoms with Gasteiger partial charge in [-0.1, -0.05) is 6.42 Å². The highest BCUT2D eigenvalue weighted by Crippen LogP contribution is 2.36. The van der Waals surface area contributed by atoms with Crippen molar-refractivity contribution in [3.05, 3.63) is 0 Å². The molecule has 0 radical (unpaired) electrons. The van der Waals surface area contributed by atoms with Crippen LogP contribution in [0.1, 0.15) is 33.1 Å². The van der Waals surface area contributed by atoms with Gasteiger partial charge in [-0.15, -0.1) is 11.8 Å². The van der Waals surface area contributed by atoms with E-state index in [4.69, 9.17) is 10.8 Å². The second kappa shape index (κ2) is 3.99. The van der Waals surface area contributed by atoms with E-state index in [0.717, 1.165) is 6.42 Å². The highest BCUT2D eigenvalue weighted by molar-refractivity contribution is 8.01. The van der Waals surface area contributed by atoms with Gasteiger partial charge in [-0.3, -0.25) is 0 Å². The van der Waals surface area contributed by atoms with Crippen molar-refractivity contribution in [2.24, 2.45) is 5.73 Å². The first-order valence-corrected chi connectivity index (χ1v) is 5.47. The van der Waals surface area contributed by atoms with Crippen molar-refractivity contribution in [2.75, 3.05) is 6.61 Å². The Bertz CT molecular complexity index is 149. The van der Waals surface area contributed by atoms with E-state index in [9.17, 15) is 0 Å². The minimum Gasteiger partial charge on any atom is -0.395 e. The van der Waals surface area contributed by atoms with Crippen LogP contribution in [0, 0.1) is 0 Å². The molecule has 0 spiro atoms. The number of aliphatic hydroxyl groups is 1. The molecule has 3 N–H and O–H groups in total. The van der Waals surface area contributed by atoms with E-state index < -0.39 is 0 Å². The van der Waals surface area contributed by atoms with Gasteiger partial charge >= 0.3 is 0 Å². The van der Waals surface area contributed by atoms with Crippen LogP contribution in [0.5, 0.6) is 0 Å². The van der Waals surface area contributed by atoms with Gasteiger partial charge in [0.1, 0.15) is 0 Å². The van der Waals surface area contributed by atoms with E-state index in [1.807, 2.05) is 11.8 Å². The minimum atomic E-state index is -0.0212. The summed E-state index contributed by atoms with van der Waals surface area (Å²) >= 11 is 1.84. The molecule has 0 amide bonds. The Balaban J connectivity index is 2.39. The molecule has 1 rings (SSSR count). The highest BCUT2D eigenvalue weighted by atomic mass is 32.2. The molecule has 0 saturated heterocycles. The molecule has 3 heteroatoms. The SMILES string of the molecule is CC(C)(CO)SC1CCCC1N. The molecule has 0 aromatic heterocycles. The van der Waals surface area contributed by atoms with Crippen LogP contribution in [0.15, 0.2) is 0 Å². The van der Waals surface area contributed by atoms with Gasteiger partial charge in [0.2, 0.25) is 0 Å². The van der Waals surface area contributed by atoms with Crippen LogP contribution in [0.25, 0.3) is 0 Å². The van der Waals surface area contributed by atoms with Gasteiger partial charge in [-0.05, 0) is 26.7 Å². The molecule has 0 bridgehead atoms. The normalized spacial score (nSPS) is 31.0. The number of hydrogen-bond donors (Lipinski definition) is 2. The van der Waals surface area contributed by atoms with Gasteiger partial charge in [0.05, 0.1) is 6.61 Å². The predicted molar refractivity (Wildman–Crippen MR) is 54.4 cm³/mol. The molecule has 1 fully saturated rings. The molecule has 1 aliphatic rings. The van der Waals surface area contributed by atoms with Crippen LogP contribution >= 0.6 is 11.8 Å². The zero-order valence-electron chi connectivity index (χ0n) is 7.92. The first-order chi connectivity index (χ1) is 5.55. The lowest BCUT2D eigenvalue weighted by Crippen LogP contribution is -2.32. The van der Waals surface area contributed by atoms with Gasteiger partial charge < -0.3 is 10.8 Å². The number of hydrogen-bond acceptors (Lipinski definition) is 3. The topological polar surface area (TPSA) is 46.2 Å². The standard InChI is InChI=1S/C9H19NOS/c1-9(2,6-11)12-8-5-3-4-7(8)10/h7-8,11H,3-6,10H2,1-2H3. The Morgan fingerprint density at radius 1 is 1.50 bits per heavy atom. The lowest BCUT2D eigenvalue weighted by Gasteiger charge is -2.27. The minimum absolute atomic E-state index is 0.0212. The van der Waals surface area contributed by atoms with Crippen LogP contribution in [-0.2, 0) is 0 Å². The molecule has 0 aromatic rings. The molecule has 2 unspecified atom stereocenters. The summed E-state index contributed by atoms with van der Waals surface area (Å²) in [6.07, 6.45) is 3.62. The molecule has 2 atom stereocenters. The summed E-state index contributed by atoms with van der Waals surface area (Å²) in [6.45, 7) is 4.38. The maximum absolute atomic E-state index is 9.08. The van der Waals surface area contributed by atoms with E-state index in [1.54, 1.807) is 0 Å². The average Bonchev–Trinajstić information content (AvgIpc) is 2.36. The third kappa shape index (κ3) is 2.64. The summed E-state index contributed by atoms with van der Waals surface area (Å²) in [5, 5.41) is 9.64. The zero-order chi connectivity index (χ0) is 9.19. The Morgan fingerprint density at radius 2 is 2.17 bits per heavy atom. The second-order valence-electron chi connectivity index (χ2n) is 4.17. The van der Waals surface area contributed by atoms with Crippen molar-refractivity contribution < 1.29 is 5.11 Å². The Labute approximate surface area is 78.9 Å². The predicted octanol–water partition coefficient (Wildman–Crippen LogP) is 1.37. The van der Waals surface area contributed by atoms with E-state index in [2.05, 4.69) is 13.8 Å². The molecule has 2 nitrogen and oxygen atoms in total. The number of aliphatic hydroxyl groups excluding tert-OH is 1. The largest absolute Gasteiger partial charge is 0.395 e. The molecule has 1 saturated carbocycles. The van der Waals surface area contributed by atoms with Crippen LogP contribution in [0.2, 0.25) is 0 Å². The first-order valence-electron chi connectivity index (χ1n) is 4.59. The van der Waals surface area contributed by atoms with Crippen molar-refractivity contribution in [3.8, 4) is 0 Å². The van der Waals surface area contributed by atoms with Gasteiger partial charge in [0, 0.05) is 16.0 Å². The Morgan fingerprint density at radius 3 is 2.58 bits per heavy atom. The summed E-state index contributed by atoms with van der Waals surface area (Å²) in [7, 11) is 0. The monoisotopic (exact) mass is 189 g/mol. The third-order valence-electron chi connectivity index (χ3n) is 2.35. The van der Waals surface area contributed by atoms with Crippen molar-refractivity contribution >= 4 is 11.8 Å². The summed E-state index contributed by atoms with van der Waals surface area (Å²) in [4.78, 5) is 0.